The van der Waals surface area contributed by atoms with Crippen molar-refractivity contribution in [3.05, 3.63) is 47.7 Å². The van der Waals surface area contributed by atoms with E-state index in [2.05, 4.69) is 15.6 Å². The van der Waals surface area contributed by atoms with Gasteiger partial charge in [-0.3, -0.25) is 4.98 Å². The summed E-state index contributed by atoms with van der Waals surface area (Å²) in [6.45, 7) is 0. The molecule has 2 amide bonds. The lowest BCUT2D eigenvalue weighted by Gasteiger charge is -2.34. The van der Waals surface area contributed by atoms with E-state index in [1.54, 1.807) is 25.6 Å². The van der Waals surface area contributed by atoms with Crippen LogP contribution in [0.2, 0.25) is 5.02 Å². The van der Waals surface area contributed by atoms with Crippen LogP contribution in [0, 0.1) is 0 Å². The molecule has 6 heteroatoms. The summed E-state index contributed by atoms with van der Waals surface area (Å²) in [7, 11) is 1.69. The number of carbonyl (C=O) groups is 1. The van der Waals surface area contributed by atoms with E-state index < -0.39 is 0 Å². The van der Waals surface area contributed by atoms with E-state index in [9.17, 15) is 4.79 Å². The minimum absolute atomic E-state index is 0.166. The Labute approximate surface area is 140 Å². The van der Waals surface area contributed by atoms with E-state index in [1.807, 2.05) is 24.3 Å². The Morgan fingerprint density at radius 1 is 1.22 bits per heavy atom. The van der Waals surface area contributed by atoms with Crippen LogP contribution in [0.3, 0.4) is 0 Å². The quantitative estimate of drug-likeness (QED) is 0.897. The molecule has 0 atom stereocenters. The first-order valence-electron chi connectivity index (χ1n) is 7.45. The van der Waals surface area contributed by atoms with Gasteiger partial charge < -0.3 is 15.4 Å². The highest BCUT2D eigenvalue weighted by atomic mass is 35.5. The summed E-state index contributed by atoms with van der Waals surface area (Å²) in [5, 5.41) is 6.33. The monoisotopic (exact) mass is 331 g/mol. The highest BCUT2D eigenvalue weighted by Crippen LogP contribution is 2.27. The lowest BCUT2D eigenvalue weighted by Crippen LogP contribution is -2.48. The maximum Gasteiger partial charge on any atom is 0.319 e. The molecule has 1 heterocycles. The zero-order valence-electron chi connectivity index (χ0n) is 12.8. The highest BCUT2D eigenvalue weighted by Gasteiger charge is 2.30. The number of ether oxygens (including phenoxy) is 1. The molecule has 0 saturated heterocycles. The van der Waals surface area contributed by atoms with Crippen molar-refractivity contribution in [2.24, 2.45) is 0 Å². The topological polar surface area (TPSA) is 63.2 Å². The molecule has 5 nitrogen and oxygen atoms in total. The van der Waals surface area contributed by atoms with Crippen molar-refractivity contribution in [1.82, 2.24) is 10.3 Å². The van der Waals surface area contributed by atoms with Gasteiger partial charge in [-0.05, 0) is 54.3 Å². The standard InChI is InChI=1S/C17H18ClN3O2/c1-23-16-9-15(10-16)21-17(22)20-14-7-12(6-13(18)8-14)11-2-4-19-5-3-11/h2-8,15-16H,9-10H2,1H3,(H2,20,21,22). The average molecular weight is 332 g/mol. The van der Waals surface area contributed by atoms with Gasteiger partial charge in [-0.1, -0.05) is 11.6 Å². The van der Waals surface area contributed by atoms with Crippen LogP contribution in [0.5, 0.6) is 0 Å². The van der Waals surface area contributed by atoms with E-state index in [0.29, 0.717) is 10.7 Å². The van der Waals surface area contributed by atoms with Gasteiger partial charge in [0.15, 0.2) is 0 Å². The number of anilines is 1. The molecule has 120 valence electrons. The van der Waals surface area contributed by atoms with Gasteiger partial charge in [0.25, 0.3) is 0 Å². The number of carbonyl (C=O) groups excluding carboxylic acids is 1. The van der Waals surface area contributed by atoms with Crippen molar-refractivity contribution in [1.29, 1.82) is 0 Å². The Kier molecular flexibility index (Phi) is 4.79. The number of halogens is 1. The Morgan fingerprint density at radius 2 is 1.96 bits per heavy atom. The largest absolute Gasteiger partial charge is 0.381 e. The molecule has 2 N–H and O–H groups in total. The Balaban J connectivity index is 1.66. The van der Waals surface area contributed by atoms with Gasteiger partial charge in [0.1, 0.15) is 0 Å². The fourth-order valence-electron chi connectivity index (χ4n) is 2.60. The highest BCUT2D eigenvalue weighted by molar-refractivity contribution is 6.31. The zero-order chi connectivity index (χ0) is 16.2. The van der Waals surface area contributed by atoms with Crippen molar-refractivity contribution in [3.63, 3.8) is 0 Å². The molecule has 0 bridgehead atoms. The van der Waals surface area contributed by atoms with Crippen molar-refractivity contribution in [2.45, 2.75) is 25.0 Å². The minimum atomic E-state index is -0.229. The minimum Gasteiger partial charge on any atom is -0.381 e. The van der Waals surface area contributed by atoms with Gasteiger partial charge in [-0.25, -0.2) is 4.79 Å². The summed E-state index contributed by atoms with van der Waals surface area (Å²) >= 11 is 6.16. The number of urea groups is 1. The number of rotatable bonds is 4. The lowest BCUT2D eigenvalue weighted by atomic mass is 9.89. The molecular formula is C17H18ClN3O2. The summed E-state index contributed by atoms with van der Waals surface area (Å²) in [5.74, 6) is 0. The third-order valence-corrected chi connectivity index (χ3v) is 4.15. The molecule has 2 aromatic rings. The first kappa shape index (κ1) is 15.8. The van der Waals surface area contributed by atoms with Crippen LogP contribution in [-0.2, 0) is 4.74 Å². The van der Waals surface area contributed by atoms with E-state index in [4.69, 9.17) is 16.3 Å². The van der Waals surface area contributed by atoms with Gasteiger partial charge in [0.05, 0.1) is 6.10 Å². The predicted molar refractivity (Wildman–Crippen MR) is 90.7 cm³/mol. The first-order valence-corrected chi connectivity index (χ1v) is 7.83. The molecular weight excluding hydrogens is 314 g/mol. The number of hydrogen-bond acceptors (Lipinski definition) is 3. The van der Waals surface area contributed by atoms with E-state index in [-0.39, 0.29) is 18.2 Å². The zero-order valence-corrected chi connectivity index (χ0v) is 13.5. The van der Waals surface area contributed by atoms with E-state index in [1.165, 1.54) is 0 Å². The van der Waals surface area contributed by atoms with Gasteiger partial charge in [-0.2, -0.15) is 0 Å². The molecule has 0 aliphatic heterocycles. The molecule has 1 saturated carbocycles. The molecule has 0 radical (unpaired) electrons. The average Bonchev–Trinajstić information content (AvgIpc) is 2.50. The second-order valence-corrected chi connectivity index (χ2v) is 6.03. The van der Waals surface area contributed by atoms with E-state index in [0.717, 1.165) is 24.0 Å². The maximum absolute atomic E-state index is 12.1. The summed E-state index contributed by atoms with van der Waals surface area (Å²) in [6.07, 6.45) is 5.39. The van der Waals surface area contributed by atoms with Crippen LogP contribution in [-0.4, -0.2) is 30.3 Å². The third-order valence-electron chi connectivity index (χ3n) is 3.93. The van der Waals surface area contributed by atoms with Crippen molar-refractivity contribution >= 4 is 23.3 Å². The molecule has 3 rings (SSSR count). The third kappa shape index (κ3) is 4.00. The maximum atomic E-state index is 12.1. The smallest absolute Gasteiger partial charge is 0.319 e. The number of hydrogen-bond donors (Lipinski definition) is 2. The van der Waals surface area contributed by atoms with Crippen molar-refractivity contribution < 1.29 is 9.53 Å². The second-order valence-electron chi connectivity index (χ2n) is 5.59. The van der Waals surface area contributed by atoms with Gasteiger partial charge in [-0.15, -0.1) is 0 Å². The normalized spacial score (nSPS) is 19.7. The molecule has 1 aliphatic rings. The van der Waals surface area contributed by atoms with Crippen LogP contribution in [0.1, 0.15) is 12.8 Å². The van der Waals surface area contributed by atoms with Crippen molar-refractivity contribution in [2.75, 3.05) is 12.4 Å². The molecule has 23 heavy (non-hydrogen) atoms. The van der Waals surface area contributed by atoms with Gasteiger partial charge in [0, 0.05) is 36.3 Å². The molecule has 1 aliphatic carbocycles. The summed E-state index contributed by atoms with van der Waals surface area (Å²) in [6, 6.07) is 9.20. The fraction of sp³-hybridized carbons (Fsp3) is 0.294. The summed E-state index contributed by atoms with van der Waals surface area (Å²) in [4.78, 5) is 16.1. The number of aromatic nitrogens is 1. The SMILES string of the molecule is COC1CC(NC(=O)Nc2cc(Cl)cc(-c3ccncc3)c2)C1. The lowest BCUT2D eigenvalue weighted by molar-refractivity contribution is 0.0210. The predicted octanol–water partition coefficient (Wildman–Crippen LogP) is 3.70. The molecule has 1 aromatic heterocycles. The molecule has 1 aromatic carbocycles. The Bertz CT molecular complexity index is 687. The first-order chi connectivity index (χ1) is 11.1. The van der Waals surface area contributed by atoms with Crippen molar-refractivity contribution in [3.8, 4) is 11.1 Å². The Morgan fingerprint density at radius 3 is 2.65 bits per heavy atom. The van der Waals surface area contributed by atoms with E-state index >= 15 is 0 Å². The number of pyridine rings is 1. The van der Waals surface area contributed by atoms with Gasteiger partial charge in [0.2, 0.25) is 0 Å². The van der Waals surface area contributed by atoms with Crippen LogP contribution < -0.4 is 10.6 Å². The number of amides is 2. The van der Waals surface area contributed by atoms with Crippen LogP contribution in [0.15, 0.2) is 42.7 Å². The number of methoxy groups -OCH3 is 1. The van der Waals surface area contributed by atoms with Gasteiger partial charge >= 0.3 is 6.03 Å². The number of nitrogens with zero attached hydrogens (tertiary/aromatic N) is 1. The number of benzene rings is 1. The second kappa shape index (κ2) is 6.98. The molecule has 0 spiro atoms. The summed E-state index contributed by atoms with van der Waals surface area (Å²) < 4.78 is 5.20. The molecule has 1 fully saturated rings. The molecule has 0 unspecified atom stereocenters. The Hall–Kier alpha value is -2.11. The number of nitrogens with one attached hydrogen (secondary N) is 2. The van der Waals surface area contributed by atoms with Crippen LogP contribution >= 0.6 is 11.6 Å². The van der Waals surface area contributed by atoms with Crippen LogP contribution in [0.25, 0.3) is 11.1 Å². The van der Waals surface area contributed by atoms with Crippen LogP contribution in [0.4, 0.5) is 10.5 Å². The summed E-state index contributed by atoms with van der Waals surface area (Å²) in [5.41, 5.74) is 2.58. The fourth-order valence-corrected chi connectivity index (χ4v) is 2.84.